The van der Waals surface area contributed by atoms with Gasteiger partial charge in [0.25, 0.3) is 0 Å². The number of aliphatic hydroxyl groups is 1. The lowest BCUT2D eigenvalue weighted by Crippen LogP contribution is -2.30. The number of nitrogens with one attached hydrogen (secondary N) is 1. The van der Waals surface area contributed by atoms with Gasteiger partial charge in [-0.2, -0.15) is 0 Å². The minimum absolute atomic E-state index is 0.140. The zero-order valence-electron chi connectivity index (χ0n) is 9.91. The van der Waals surface area contributed by atoms with Crippen LogP contribution in [0, 0.1) is 5.92 Å². The van der Waals surface area contributed by atoms with Gasteiger partial charge in [-0.25, -0.2) is 0 Å². The molecule has 0 amide bonds. The van der Waals surface area contributed by atoms with Crippen LogP contribution in [0.3, 0.4) is 0 Å². The molecule has 2 unspecified atom stereocenters. The van der Waals surface area contributed by atoms with Crippen LogP contribution in [0.5, 0.6) is 0 Å². The summed E-state index contributed by atoms with van der Waals surface area (Å²) in [5.74, 6) is 0.485. The van der Waals surface area contributed by atoms with Crippen molar-refractivity contribution in [2.24, 2.45) is 5.92 Å². The predicted octanol–water partition coefficient (Wildman–Crippen LogP) is 3.66. The normalized spacial score (nSPS) is 14.5. The Morgan fingerprint density at radius 3 is 2.44 bits per heavy atom. The van der Waals surface area contributed by atoms with Crippen molar-refractivity contribution in [1.29, 1.82) is 0 Å². The Hall–Kier alpha value is -0.540. The highest BCUT2D eigenvalue weighted by Crippen LogP contribution is 2.18. The van der Waals surface area contributed by atoms with E-state index in [0.29, 0.717) is 5.92 Å². The summed E-state index contributed by atoms with van der Waals surface area (Å²) in [4.78, 5) is 0. The second kappa shape index (κ2) is 6.92. The van der Waals surface area contributed by atoms with Gasteiger partial charge in [-0.05, 0) is 36.6 Å². The summed E-state index contributed by atoms with van der Waals surface area (Å²) in [6.45, 7) is 4.53. The number of hydrogen-bond donors (Lipinski definition) is 2. The van der Waals surface area contributed by atoms with Crippen LogP contribution in [0.2, 0.25) is 0 Å². The molecule has 0 aromatic heterocycles. The Labute approximate surface area is 106 Å². The summed E-state index contributed by atoms with van der Waals surface area (Å²) < 4.78 is 1.07. The molecule has 3 heteroatoms. The Balaban J connectivity index is 2.59. The standard InChI is InChI=1S/C13H20BrNO/c1-3-4-10(2)13(9-16)15-12-7-5-11(14)6-8-12/h5-8,10,13,15-16H,3-4,9H2,1-2H3. The molecule has 2 N–H and O–H groups in total. The average Bonchev–Trinajstić information content (AvgIpc) is 2.28. The van der Waals surface area contributed by atoms with E-state index in [-0.39, 0.29) is 12.6 Å². The lowest BCUT2D eigenvalue weighted by atomic mass is 9.97. The van der Waals surface area contributed by atoms with Crippen LogP contribution in [0.4, 0.5) is 5.69 Å². The Bertz CT molecular complexity index is 299. The van der Waals surface area contributed by atoms with Crippen molar-refractivity contribution in [2.45, 2.75) is 32.7 Å². The minimum Gasteiger partial charge on any atom is -0.394 e. The molecule has 0 saturated heterocycles. The summed E-state index contributed by atoms with van der Waals surface area (Å²) in [5.41, 5.74) is 1.06. The Morgan fingerprint density at radius 1 is 1.31 bits per heavy atom. The first-order valence-corrected chi connectivity index (χ1v) is 6.59. The van der Waals surface area contributed by atoms with Crippen molar-refractivity contribution in [1.82, 2.24) is 0 Å². The molecule has 0 radical (unpaired) electrons. The largest absolute Gasteiger partial charge is 0.394 e. The van der Waals surface area contributed by atoms with E-state index in [1.807, 2.05) is 24.3 Å². The Morgan fingerprint density at radius 2 is 1.94 bits per heavy atom. The number of halogens is 1. The van der Waals surface area contributed by atoms with E-state index >= 15 is 0 Å². The SMILES string of the molecule is CCCC(C)C(CO)Nc1ccc(Br)cc1. The first-order valence-electron chi connectivity index (χ1n) is 5.80. The molecule has 1 aromatic rings. The van der Waals surface area contributed by atoms with E-state index in [2.05, 4.69) is 35.1 Å². The smallest absolute Gasteiger partial charge is 0.0635 e. The van der Waals surface area contributed by atoms with Crippen LogP contribution in [-0.2, 0) is 0 Å². The maximum atomic E-state index is 9.37. The van der Waals surface area contributed by atoms with Crippen LogP contribution >= 0.6 is 15.9 Å². The number of hydrogen-bond acceptors (Lipinski definition) is 2. The fourth-order valence-corrected chi connectivity index (χ4v) is 2.05. The summed E-state index contributed by atoms with van der Waals surface area (Å²) in [6.07, 6.45) is 2.29. The molecular formula is C13H20BrNO. The highest BCUT2D eigenvalue weighted by molar-refractivity contribution is 9.10. The summed E-state index contributed by atoms with van der Waals surface area (Å²) in [7, 11) is 0. The van der Waals surface area contributed by atoms with Gasteiger partial charge in [0.2, 0.25) is 0 Å². The third-order valence-corrected chi connectivity index (χ3v) is 3.35. The van der Waals surface area contributed by atoms with Crippen molar-refractivity contribution >= 4 is 21.6 Å². The molecule has 2 nitrogen and oxygen atoms in total. The van der Waals surface area contributed by atoms with Crippen LogP contribution in [0.25, 0.3) is 0 Å². The average molecular weight is 286 g/mol. The van der Waals surface area contributed by atoms with E-state index in [1.165, 1.54) is 0 Å². The second-order valence-corrected chi connectivity index (χ2v) is 5.12. The van der Waals surface area contributed by atoms with Gasteiger partial charge in [-0.15, -0.1) is 0 Å². The van der Waals surface area contributed by atoms with Gasteiger partial charge in [0.15, 0.2) is 0 Å². The second-order valence-electron chi connectivity index (χ2n) is 4.21. The van der Waals surface area contributed by atoms with E-state index in [9.17, 15) is 5.11 Å². The van der Waals surface area contributed by atoms with Crippen molar-refractivity contribution in [3.63, 3.8) is 0 Å². The Kier molecular flexibility index (Phi) is 5.85. The van der Waals surface area contributed by atoms with Crippen molar-refractivity contribution in [2.75, 3.05) is 11.9 Å². The van der Waals surface area contributed by atoms with Gasteiger partial charge < -0.3 is 10.4 Å². The third-order valence-electron chi connectivity index (χ3n) is 2.82. The van der Waals surface area contributed by atoms with E-state index in [4.69, 9.17) is 0 Å². The summed E-state index contributed by atoms with van der Waals surface area (Å²) in [5, 5.41) is 12.7. The number of anilines is 1. The van der Waals surface area contributed by atoms with Gasteiger partial charge >= 0.3 is 0 Å². The molecule has 1 rings (SSSR count). The summed E-state index contributed by atoms with van der Waals surface area (Å²) >= 11 is 3.41. The first-order chi connectivity index (χ1) is 7.67. The van der Waals surface area contributed by atoms with Gasteiger partial charge in [-0.3, -0.25) is 0 Å². The summed E-state index contributed by atoms with van der Waals surface area (Å²) in [6, 6.07) is 8.18. The molecule has 0 aliphatic carbocycles. The molecule has 0 heterocycles. The molecule has 0 fully saturated rings. The lowest BCUT2D eigenvalue weighted by Gasteiger charge is -2.24. The minimum atomic E-state index is 0.140. The topological polar surface area (TPSA) is 32.3 Å². The quantitative estimate of drug-likeness (QED) is 0.836. The van der Waals surface area contributed by atoms with E-state index in [0.717, 1.165) is 23.0 Å². The number of benzene rings is 1. The molecule has 0 bridgehead atoms. The fraction of sp³-hybridized carbons (Fsp3) is 0.538. The van der Waals surface area contributed by atoms with Gasteiger partial charge in [0, 0.05) is 10.2 Å². The monoisotopic (exact) mass is 285 g/mol. The maximum absolute atomic E-state index is 9.37. The zero-order chi connectivity index (χ0) is 12.0. The van der Waals surface area contributed by atoms with Crippen molar-refractivity contribution in [3.05, 3.63) is 28.7 Å². The van der Waals surface area contributed by atoms with Gasteiger partial charge in [0.05, 0.1) is 12.6 Å². The third kappa shape index (κ3) is 4.14. The highest BCUT2D eigenvalue weighted by atomic mass is 79.9. The van der Waals surface area contributed by atoms with Crippen LogP contribution in [-0.4, -0.2) is 17.8 Å². The van der Waals surface area contributed by atoms with Gasteiger partial charge in [-0.1, -0.05) is 36.2 Å². The zero-order valence-corrected chi connectivity index (χ0v) is 11.5. The molecule has 0 aliphatic heterocycles. The number of rotatable bonds is 6. The van der Waals surface area contributed by atoms with Crippen LogP contribution in [0.1, 0.15) is 26.7 Å². The molecule has 90 valence electrons. The van der Waals surface area contributed by atoms with E-state index in [1.54, 1.807) is 0 Å². The number of aliphatic hydroxyl groups excluding tert-OH is 1. The molecule has 2 atom stereocenters. The highest BCUT2D eigenvalue weighted by Gasteiger charge is 2.15. The van der Waals surface area contributed by atoms with E-state index < -0.39 is 0 Å². The molecule has 0 aliphatic rings. The van der Waals surface area contributed by atoms with Crippen LogP contribution in [0.15, 0.2) is 28.7 Å². The molecule has 0 spiro atoms. The molecule has 16 heavy (non-hydrogen) atoms. The van der Waals surface area contributed by atoms with Crippen LogP contribution < -0.4 is 5.32 Å². The lowest BCUT2D eigenvalue weighted by molar-refractivity contribution is 0.238. The maximum Gasteiger partial charge on any atom is 0.0635 e. The predicted molar refractivity (Wildman–Crippen MR) is 72.7 cm³/mol. The molecule has 1 aromatic carbocycles. The van der Waals surface area contributed by atoms with Gasteiger partial charge in [0.1, 0.15) is 0 Å². The molecule has 0 saturated carbocycles. The van der Waals surface area contributed by atoms with Crippen molar-refractivity contribution in [3.8, 4) is 0 Å². The molecular weight excluding hydrogens is 266 g/mol. The first kappa shape index (κ1) is 13.5. The fourth-order valence-electron chi connectivity index (χ4n) is 1.78. The van der Waals surface area contributed by atoms with Crippen molar-refractivity contribution < 1.29 is 5.11 Å².